The summed E-state index contributed by atoms with van der Waals surface area (Å²) in [5, 5.41) is 0. The van der Waals surface area contributed by atoms with Crippen LogP contribution in [-0.4, -0.2) is 70.0 Å². The molecule has 0 aliphatic heterocycles. The highest BCUT2D eigenvalue weighted by atomic mass is 31.2. The van der Waals surface area contributed by atoms with Gasteiger partial charge < -0.3 is 27.9 Å². The van der Waals surface area contributed by atoms with Crippen molar-refractivity contribution in [1.82, 2.24) is 0 Å². The van der Waals surface area contributed by atoms with Crippen molar-refractivity contribution in [2.24, 2.45) is 0 Å². The zero-order valence-corrected chi connectivity index (χ0v) is 37.7. The predicted molar refractivity (Wildman–Crippen MR) is 231 cm³/mol. The van der Waals surface area contributed by atoms with E-state index in [0.717, 1.165) is 70.6 Å². The van der Waals surface area contributed by atoms with E-state index in [0.29, 0.717) is 17.4 Å². The van der Waals surface area contributed by atoms with Gasteiger partial charge in [0, 0.05) is 12.8 Å². The molecule has 0 aromatic rings. The first-order valence-corrected chi connectivity index (χ1v) is 24.2. The molecule has 0 aliphatic rings. The highest BCUT2D eigenvalue weighted by molar-refractivity contribution is 7.45. The lowest BCUT2D eigenvalue weighted by Gasteiger charge is -2.28. The van der Waals surface area contributed by atoms with Gasteiger partial charge in [-0.05, 0) is 70.6 Å². The van der Waals surface area contributed by atoms with Crippen LogP contribution in [0.3, 0.4) is 0 Å². The number of likely N-dealkylation sites (N-methyl/N-ethyl adjacent to an activating group) is 1. The molecule has 328 valence electrons. The number of phosphoric acid groups is 1. The summed E-state index contributed by atoms with van der Waals surface area (Å²) >= 11 is 0. The molecule has 0 aromatic carbocycles. The van der Waals surface area contributed by atoms with Crippen LogP contribution < -0.4 is 4.89 Å². The number of quaternary nitrogens is 1. The molecule has 0 N–H and O–H groups in total. The molecule has 0 aliphatic carbocycles. The van der Waals surface area contributed by atoms with Crippen molar-refractivity contribution in [3.8, 4) is 0 Å². The second kappa shape index (κ2) is 38.7. The maximum Gasteiger partial charge on any atom is 0.306 e. The zero-order valence-electron chi connectivity index (χ0n) is 36.8. The van der Waals surface area contributed by atoms with Crippen molar-refractivity contribution in [3.63, 3.8) is 0 Å². The van der Waals surface area contributed by atoms with Gasteiger partial charge in [0.05, 0.1) is 27.7 Å². The van der Waals surface area contributed by atoms with Crippen LogP contribution in [0.5, 0.6) is 0 Å². The first-order valence-electron chi connectivity index (χ1n) is 22.7. The van der Waals surface area contributed by atoms with E-state index in [1.54, 1.807) is 0 Å². The summed E-state index contributed by atoms with van der Waals surface area (Å²) < 4.78 is 33.9. The number of carbonyl (C=O) groups excluding carboxylic acids is 2. The van der Waals surface area contributed by atoms with Crippen LogP contribution in [0.25, 0.3) is 0 Å². The van der Waals surface area contributed by atoms with E-state index in [4.69, 9.17) is 18.5 Å². The number of allylic oxidation sites excluding steroid dienone is 6. The molecule has 9 nitrogen and oxygen atoms in total. The number of esters is 2. The topological polar surface area (TPSA) is 111 Å². The van der Waals surface area contributed by atoms with E-state index < -0.39 is 32.5 Å². The largest absolute Gasteiger partial charge is 0.756 e. The Labute approximate surface area is 344 Å². The van der Waals surface area contributed by atoms with E-state index in [-0.39, 0.29) is 26.1 Å². The van der Waals surface area contributed by atoms with Crippen molar-refractivity contribution in [2.45, 2.75) is 200 Å². The molecule has 0 rings (SSSR count). The summed E-state index contributed by atoms with van der Waals surface area (Å²) in [6.45, 7) is 4.18. The molecular formula is C46H86NO8P. The second-order valence-electron chi connectivity index (χ2n) is 16.4. The molecule has 0 spiro atoms. The van der Waals surface area contributed by atoms with Gasteiger partial charge in [0.15, 0.2) is 6.10 Å². The SMILES string of the molecule is CCCCC/C=C\C/C=C\CCCCCCCC(=O)OC(COC(=O)CCCCCCCCC/C=C\CCCCCCCC)COP(=O)([O-])OCC[N+](C)(C)C. The number of phosphoric ester groups is 1. The highest BCUT2D eigenvalue weighted by Crippen LogP contribution is 2.38. The third-order valence-corrected chi connectivity index (χ3v) is 10.6. The molecular weight excluding hydrogens is 725 g/mol. The molecule has 2 atom stereocenters. The molecule has 10 heteroatoms. The summed E-state index contributed by atoms with van der Waals surface area (Å²) in [6, 6.07) is 0. The number of hydrogen-bond acceptors (Lipinski definition) is 8. The number of unbranched alkanes of at least 4 members (excludes halogenated alkanes) is 21. The Morgan fingerprint density at radius 2 is 0.964 bits per heavy atom. The van der Waals surface area contributed by atoms with Gasteiger partial charge in [-0.2, -0.15) is 0 Å². The summed E-state index contributed by atoms with van der Waals surface area (Å²) in [6.07, 6.45) is 43.1. The Morgan fingerprint density at radius 1 is 0.554 bits per heavy atom. The Hall–Kier alpha value is -1.77. The monoisotopic (exact) mass is 812 g/mol. The summed E-state index contributed by atoms with van der Waals surface area (Å²) in [4.78, 5) is 37.5. The number of ether oxygens (including phenoxy) is 2. The van der Waals surface area contributed by atoms with E-state index in [9.17, 15) is 19.0 Å². The van der Waals surface area contributed by atoms with Crippen molar-refractivity contribution in [1.29, 1.82) is 0 Å². The minimum atomic E-state index is -4.63. The fraction of sp³-hybridized carbons (Fsp3) is 0.826. The summed E-state index contributed by atoms with van der Waals surface area (Å²) in [5.41, 5.74) is 0. The molecule has 0 saturated heterocycles. The van der Waals surface area contributed by atoms with Gasteiger partial charge in [0.1, 0.15) is 19.8 Å². The predicted octanol–water partition coefficient (Wildman–Crippen LogP) is 12.3. The lowest BCUT2D eigenvalue weighted by molar-refractivity contribution is -0.870. The van der Waals surface area contributed by atoms with Crippen LogP contribution in [0.15, 0.2) is 36.5 Å². The first kappa shape index (κ1) is 54.2. The van der Waals surface area contributed by atoms with Gasteiger partial charge >= 0.3 is 11.9 Å². The molecule has 0 aromatic heterocycles. The highest BCUT2D eigenvalue weighted by Gasteiger charge is 2.21. The average molecular weight is 812 g/mol. The smallest absolute Gasteiger partial charge is 0.306 e. The van der Waals surface area contributed by atoms with Crippen LogP contribution in [0.4, 0.5) is 0 Å². The number of rotatable bonds is 41. The van der Waals surface area contributed by atoms with Gasteiger partial charge in [0.25, 0.3) is 7.82 Å². The Balaban J connectivity index is 4.36. The molecule has 0 radical (unpaired) electrons. The van der Waals surface area contributed by atoms with Gasteiger partial charge in [-0.15, -0.1) is 0 Å². The van der Waals surface area contributed by atoms with E-state index in [2.05, 4.69) is 50.3 Å². The van der Waals surface area contributed by atoms with Crippen molar-refractivity contribution < 1.29 is 42.1 Å². The summed E-state index contributed by atoms with van der Waals surface area (Å²) in [5.74, 6) is -0.854. The van der Waals surface area contributed by atoms with Crippen molar-refractivity contribution in [2.75, 3.05) is 47.5 Å². The zero-order chi connectivity index (χ0) is 41.4. The number of carbonyl (C=O) groups is 2. The van der Waals surface area contributed by atoms with Crippen LogP contribution in [0.2, 0.25) is 0 Å². The van der Waals surface area contributed by atoms with Gasteiger partial charge in [-0.1, -0.05) is 147 Å². The van der Waals surface area contributed by atoms with Crippen LogP contribution >= 0.6 is 7.82 Å². The fourth-order valence-corrected chi connectivity index (χ4v) is 6.76. The van der Waals surface area contributed by atoms with Gasteiger partial charge in [-0.25, -0.2) is 0 Å². The van der Waals surface area contributed by atoms with Gasteiger partial charge in [0.2, 0.25) is 0 Å². The van der Waals surface area contributed by atoms with Gasteiger partial charge in [-0.3, -0.25) is 14.2 Å². The number of nitrogens with zero attached hydrogens (tertiary/aromatic N) is 1. The fourth-order valence-electron chi connectivity index (χ4n) is 6.03. The molecule has 2 unspecified atom stereocenters. The third kappa shape index (κ3) is 41.9. The second-order valence-corrected chi connectivity index (χ2v) is 17.8. The van der Waals surface area contributed by atoms with Crippen LogP contribution in [0.1, 0.15) is 194 Å². The standard InChI is InChI=1S/C46H86NO8P/c1-6-8-10-12-14-16-18-20-22-23-25-26-28-30-32-34-36-38-45(48)52-42-44(43-54-56(50,51)53-41-40-47(3,4)5)55-46(49)39-37-35-33-31-29-27-24-21-19-17-15-13-11-9-7-2/h15,17,20-22,24,44H,6-14,16,18-19,23,25-43H2,1-5H3/b17-15-,22-20-,24-21-. The maximum atomic E-state index is 12.7. The Morgan fingerprint density at radius 3 is 1.46 bits per heavy atom. The minimum Gasteiger partial charge on any atom is -0.756 e. The lowest BCUT2D eigenvalue weighted by Crippen LogP contribution is -2.37. The molecule has 0 bridgehead atoms. The number of hydrogen-bond donors (Lipinski definition) is 0. The van der Waals surface area contributed by atoms with E-state index in [1.807, 2.05) is 21.1 Å². The minimum absolute atomic E-state index is 0.0345. The Bertz CT molecular complexity index is 1050. The average Bonchev–Trinajstić information content (AvgIpc) is 3.15. The van der Waals surface area contributed by atoms with E-state index >= 15 is 0 Å². The van der Waals surface area contributed by atoms with Crippen molar-refractivity contribution in [3.05, 3.63) is 36.5 Å². The molecule has 0 heterocycles. The Kier molecular flexibility index (Phi) is 37.5. The van der Waals surface area contributed by atoms with Crippen LogP contribution in [0, 0.1) is 0 Å². The first-order chi connectivity index (χ1) is 27.0. The molecule has 0 fully saturated rings. The quantitative estimate of drug-likeness (QED) is 0.0197. The lowest BCUT2D eigenvalue weighted by atomic mass is 10.1. The molecule has 0 amide bonds. The maximum absolute atomic E-state index is 12.7. The van der Waals surface area contributed by atoms with Crippen molar-refractivity contribution >= 4 is 19.8 Å². The van der Waals surface area contributed by atoms with Crippen LogP contribution in [-0.2, 0) is 32.7 Å². The third-order valence-electron chi connectivity index (χ3n) is 9.63. The van der Waals surface area contributed by atoms with E-state index in [1.165, 1.54) is 89.9 Å². The normalized spacial score (nSPS) is 13.9. The molecule has 0 saturated carbocycles. The summed E-state index contributed by atoms with van der Waals surface area (Å²) in [7, 11) is 1.15. The molecule has 56 heavy (non-hydrogen) atoms.